The SMILES string of the molecule is CC(C)c1nc2ccc(Br)cc2c(=O)n1N=Cc1cn(Cc2ccc(Cl)c(Cl)c2)c2ccccc12. The molecule has 0 fully saturated rings. The zero-order valence-electron chi connectivity index (χ0n) is 19.0. The van der Waals surface area contributed by atoms with Crippen molar-refractivity contribution in [3.05, 3.63) is 109 Å². The molecule has 176 valence electrons. The Bertz CT molecular complexity index is 1670. The van der Waals surface area contributed by atoms with Gasteiger partial charge in [-0.15, -0.1) is 0 Å². The maximum absolute atomic E-state index is 13.4. The third-order valence-corrected chi connectivity index (χ3v) is 7.05. The molecule has 0 atom stereocenters. The van der Waals surface area contributed by atoms with Crippen LogP contribution in [0.1, 0.15) is 36.7 Å². The van der Waals surface area contributed by atoms with E-state index in [9.17, 15) is 4.79 Å². The van der Waals surface area contributed by atoms with Crippen LogP contribution in [0.5, 0.6) is 0 Å². The van der Waals surface area contributed by atoms with Crippen LogP contribution in [-0.2, 0) is 6.54 Å². The zero-order chi connectivity index (χ0) is 24.7. The largest absolute Gasteiger partial charge is 0.342 e. The summed E-state index contributed by atoms with van der Waals surface area (Å²) >= 11 is 15.8. The van der Waals surface area contributed by atoms with Crippen molar-refractivity contribution in [1.82, 2.24) is 14.2 Å². The third-order valence-electron chi connectivity index (χ3n) is 5.82. The van der Waals surface area contributed by atoms with Crippen LogP contribution in [0.25, 0.3) is 21.8 Å². The maximum atomic E-state index is 13.4. The molecule has 35 heavy (non-hydrogen) atoms. The van der Waals surface area contributed by atoms with Gasteiger partial charge in [0.2, 0.25) is 0 Å². The number of fused-ring (bicyclic) bond motifs is 2. The lowest BCUT2D eigenvalue weighted by Gasteiger charge is -2.11. The van der Waals surface area contributed by atoms with Crippen LogP contribution >= 0.6 is 39.1 Å². The number of hydrogen-bond acceptors (Lipinski definition) is 3. The minimum Gasteiger partial charge on any atom is -0.342 e. The van der Waals surface area contributed by atoms with Crippen LogP contribution < -0.4 is 5.56 Å². The highest BCUT2D eigenvalue weighted by Gasteiger charge is 2.14. The fourth-order valence-corrected chi connectivity index (χ4v) is 4.80. The maximum Gasteiger partial charge on any atom is 0.282 e. The molecule has 5 rings (SSSR count). The van der Waals surface area contributed by atoms with Gasteiger partial charge in [0.1, 0.15) is 5.82 Å². The Balaban J connectivity index is 1.61. The Hall–Kier alpha value is -2.93. The van der Waals surface area contributed by atoms with E-state index in [-0.39, 0.29) is 11.5 Å². The second kappa shape index (κ2) is 9.61. The van der Waals surface area contributed by atoms with Gasteiger partial charge in [-0.05, 0) is 42.0 Å². The predicted molar refractivity (Wildman–Crippen MR) is 148 cm³/mol. The van der Waals surface area contributed by atoms with E-state index in [1.54, 1.807) is 18.3 Å². The van der Waals surface area contributed by atoms with Crippen LogP contribution in [0, 0.1) is 0 Å². The summed E-state index contributed by atoms with van der Waals surface area (Å²) in [6, 6.07) is 19.2. The molecule has 0 unspecified atom stereocenters. The highest BCUT2D eigenvalue weighted by molar-refractivity contribution is 9.10. The van der Waals surface area contributed by atoms with Gasteiger partial charge in [-0.2, -0.15) is 9.78 Å². The van der Waals surface area contributed by atoms with Gasteiger partial charge in [0.05, 0.1) is 27.2 Å². The first-order valence-electron chi connectivity index (χ1n) is 11.1. The van der Waals surface area contributed by atoms with Crippen LogP contribution in [0.3, 0.4) is 0 Å². The van der Waals surface area contributed by atoms with Crippen LogP contribution in [-0.4, -0.2) is 20.4 Å². The molecule has 0 aliphatic heterocycles. The first-order valence-corrected chi connectivity index (χ1v) is 12.6. The van der Waals surface area contributed by atoms with E-state index < -0.39 is 0 Å². The van der Waals surface area contributed by atoms with E-state index in [2.05, 4.69) is 31.7 Å². The summed E-state index contributed by atoms with van der Waals surface area (Å²) in [5.74, 6) is 0.629. The molecule has 2 heterocycles. The first kappa shape index (κ1) is 23.8. The number of nitrogens with zero attached hydrogens (tertiary/aromatic N) is 4. The molecule has 2 aromatic heterocycles. The minimum absolute atomic E-state index is 0.0175. The van der Waals surface area contributed by atoms with Crippen molar-refractivity contribution in [1.29, 1.82) is 0 Å². The topological polar surface area (TPSA) is 52.2 Å². The molecule has 0 bridgehead atoms. The highest BCUT2D eigenvalue weighted by Crippen LogP contribution is 2.26. The van der Waals surface area contributed by atoms with Crippen molar-refractivity contribution in [3.8, 4) is 0 Å². The number of aromatic nitrogens is 3. The van der Waals surface area contributed by atoms with E-state index in [0.29, 0.717) is 33.3 Å². The van der Waals surface area contributed by atoms with Crippen molar-refractivity contribution in [3.63, 3.8) is 0 Å². The number of hydrogen-bond donors (Lipinski definition) is 0. The Morgan fingerprint density at radius 3 is 2.60 bits per heavy atom. The van der Waals surface area contributed by atoms with Gasteiger partial charge in [-0.1, -0.05) is 77.2 Å². The smallest absolute Gasteiger partial charge is 0.282 e. The van der Waals surface area contributed by atoms with E-state index in [1.165, 1.54) is 4.68 Å². The average molecular weight is 568 g/mol. The molecule has 0 spiro atoms. The number of rotatable bonds is 5. The minimum atomic E-state index is -0.198. The number of para-hydroxylation sites is 1. The fraction of sp³-hybridized carbons (Fsp3) is 0.148. The normalized spacial score (nSPS) is 11.9. The van der Waals surface area contributed by atoms with Crippen molar-refractivity contribution >= 4 is 67.2 Å². The average Bonchev–Trinajstić information content (AvgIpc) is 3.18. The van der Waals surface area contributed by atoms with E-state index in [0.717, 1.165) is 26.5 Å². The van der Waals surface area contributed by atoms with Gasteiger partial charge in [-0.25, -0.2) is 4.98 Å². The molecule has 0 amide bonds. The monoisotopic (exact) mass is 566 g/mol. The third kappa shape index (κ3) is 4.66. The van der Waals surface area contributed by atoms with Gasteiger partial charge in [0.25, 0.3) is 5.56 Å². The molecule has 5 nitrogen and oxygen atoms in total. The quantitative estimate of drug-likeness (QED) is 0.207. The summed E-state index contributed by atoms with van der Waals surface area (Å²) in [6.45, 7) is 4.62. The Kier molecular flexibility index (Phi) is 6.53. The molecular weight excluding hydrogens is 547 g/mol. The lowest BCUT2D eigenvalue weighted by molar-refractivity contribution is 0.665. The Morgan fingerprint density at radius 1 is 1.03 bits per heavy atom. The van der Waals surface area contributed by atoms with Gasteiger partial charge < -0.3 is 4.57 Å². The molecule has 8 heteroatoms. The second-order valence-corrected chi connectivity index (χ2v) is 10.4. The van der Waals surface area contributed by atoms with Crippen LogP contribution in [0.15, 0.2) is 81.2 Å². The summed E-state index contributed by atoms with van der Waals surface area (Å²) < 4.78 is 4.37. The molecule has 0 aliphatic rings. The molecule has 0 saturated carbocycles. The van der Waals surface area contributed by atoms with Crippen molar-refractivity contribution in [2.75, 3.05) is 0 Å². The fourth-order valence-electron chi connectivity index (χ4n) is 4.11. The summed E-state index contributed by atoms with van der Waals surface area (Å²) in [4.78, 5) is 18.1. The molecule has 3 aromatic carbocycles. The Morgan fingerprint density at radius 2 is 1.83 bits per heavy atom. The van der Waals surface area contributed by atoms with Crippen LogP contribution in [0.2, 0.25) is 10.0 Å². The summed E-state index contributed by atoms with van der Waals surface area (Å²) in [5.41, 5.74) is 3.45. The number of benzene rings is 3. The molecule has 0 saturated heterocycles. The molecule has 5 aromatic rings. The molecule has 0 radical (unpaired) electrons. The summed E-state index contributed by atoms with van der Waals surface area (Å²) in [7, 11) is 0. The second-order valence-electron chi connectivity index (χ2n) is 8.63. The molecular formula is C27H21BrCl2N4O. The van der Waals surface area contributed by atoms with Crippen molar-refractivity contribution in [2.45, 2.75) is 26.3 Å². The van der Waals surface area contributed by atoms with Gasteiger partial charge >= 0.3 is 0 Å². The predicted octanol–water partition coefficient (Wildman–Crippen LogP) is 7.47. The summed E-state index contributed by atoms with van der Waals surface area (Å²) in [5, 5.41) is 7.23. The van der Waals surface area contributed by atoms with Gasteiger partial charge in [-0.3, -0.25) is 4.79 Å². The standard InChI is InChI=1S/C27H21BrCl2N4O/c1-16(2)26-32-24-10-8-19(28)12-21(24)27(35)34(26)31-13-18-15-33(25-6-4-3-5-20(18)25)14-17-7-9-22(29)23(30)11-17/h3-13,15-16H,14H2,1-2H3. The van der Waals surface area contributed by atoms with E-state index in [1.807, 2.05) is 62.5 Å². The van der Waals surface area contributed by atoms with E-state index in [4.69, 9.17) is 28.2 Å². The van der Waals surface area contributed by atoms with Crippen molar-refractivity contribution < 1.29 is 0 Å². The molecule has 0 N–H and O–H groups in total. The first-order chi connectivity index (χ1) is 16.8. The van der Waals surface area contributed by atoms with Crippen LogP contribution in [0.4, 0.5) is 0 Å². The number of halogens is 3. The molecule has 0 aliphatic carbocycles. The van der Waals surface area contributed by atoms with Crippen molar-refractivity contribution in [2.24, 2.45) is 5.10 Å². The zero-order valence-corrected chi connectivity index (χ0v) is 22.1. The lowest BCUT2D eigenvalue weighted by Crippen LogP contribution is -2.23. The lowest BCUT2D eigenvalue weighted by atomic mass is 10.2. The summed E-state index contributed by atoms with van der Waals surface area (Å²) in [6.07, 6.45) is 3.76. The highest BCUT2D eigenvalue weighted by atomic mass is 79.9. The van der Waals surface area contributed by atoms with Gasteiger partial charge in [0, 0.05) is 39.6 Å². The van der Waals surface area contributed by atoms with E-state index >= 15 is 0 Å². The Labute approximate surface area is 220 Å². The van der Waals surface area contributed by atoms with Gasteiger partial charge in [0.15, 0.2) is 0 Å².